The molecule has 0 aliphatic rings. The minimum Gasteiger partial charge on any atom is -0.507 e. The van der Waals surface area contributed by atoms with Gasteiger partial charge in [0.1, 0.15) is 11.5 Å². The first-order valence-corrected chi connectivity index (χ1v) is 10.4. The first kappa shape index (κ1) is 18.7. The molecule has 3 heteroatoms. The molecule has 0 saturated carbocycles. The van der Waals surface area contributed by atoms with Crippen molar-refractivity contribution < 1.29 is 10.2 Å². The van der Waals surface area contributed by atoms with Crippen molar-refractivity contribution in [2.24, 2.45) is 0 Å². The van der Waals surface area contributed by atoms with Crippen LogP contribution in [0.15, 0.2) is 103 Å². The van der Waals surface area contributed by atoms with Crippen LogP contribution in [0.1, 0.15) is 16.7 Å². The molecule has 5 aromatic carbocycles. The maximum atomic E-state index is 11.3. The Morgan fingerprint density at radius 2 is 0.933 bits per heavy atom. The second kappa shape index (κ2) is 7.16. The third kappa shape index (κ3) is 2.76. The minimum absolute atomic E-state index is 0.222. The first-order chi connectivity index (χ1) is 14.6. The largest absolute Gasteiger partial charge is 0.507 e. The maximum Gasteiger partial charge on any atom is 0.128 e. The zero-order chi connectivity index (χ0) is 20.7. The molecular formula is C27H21O2P. The number of aromatic hydroxyl groups is 2. The number of benzene rings is 5. The van der Waals surface area contributed by atoms with Gasteiger partial charge in [0.25, 0.3) is 0 Å². The highest BCUT2D eigenvalue weighted by Gasteiger charge is 2.37. The van der Waals surface area contributed by atoms with Crippen LogP contribution in [-0.4, -0.2) is 10.2 Å². The maximum absolute atomic E-state index is 11.3. The van der Waals surface area contributed by atoms with Gasteiger partial charge >= 0.3 is 0 Å². The van der Waals surface area contributed by atoms with Gasteiger partial charge in [0, 0.05) is 21.9 Å². The number of rotatable bonds is 3. The molecule has 5 rings (SSSR count). The van der Waals surface area contributed by atoms with Gasteiger partial charge in [-0.2, -0.15) is 0 Å². The molecule has 146 valence electrons. The molecule has 30 heavy (non-hydrogen) atoms. The van der Waals surface area contributed by atoms with Crippen LogP contribution in [0.25, 0.3) is 21.5 Å². The van der Waals surface area contributed by atoms with Gasteiger partial charge in [-0.05, 0) is 16.3 Å². The molecule has 2 N–H and O–H groups in total. The van der Waals surface area contributed by atoms with E-state index in [1.54, 1.807) is 0 Å². The molecule has 2 nitrogen and oxygen atoms in total. The lowest BCUT2D eigenvalue weighted by Gasteiger charge is -2.33. The molecule has 0 radical (unpaired) electrons. The van der Waals surface area contributed by atoms with E-state index >= 15 is 0 Å². The van der Waals surface area contributed by atoms with Crippen molar-refractivity contribution in [2.45, 2.75) is 5.16 Å². The van der Waals surface area contributed by atoms with Crippen LogP contribution < -0.4 is 0 Å². The van der Waals surface area contributed by atoms with Gasteiger partial charge in [-0.1, -0.05) is 103 Å². The summed E-state index contributed by atoms with van der Waals surface area (Å²) in [6.45, 7) is 0. The second-order valence-corrected chi connectivity index (χ2v) is 8.41. The molecule has 0 fully saturated rings. The summed E-state index contributed by atoms with van der Waals surface area (Å²) in [5.74, 6) is 0.444. The van der Waals surface area contributed by atoms with E-state index in [1.165, 1.54) is 0 Å². The standard InChI is InChI=1S/C27H21O2P/c28-25-21-12-6-4-8-18(21)14-16-23(25)27(30,20-10-2-1-3-11-20)24-17-15-19-9-5-7-13-22(19)26(24)29/h1-17,28-29H,30H2. The van der Waals surface area contributed by atoms with Gasteiger partial charge in [0.2, 0.25) is 0 Å². The summed E-state index contributed by atoms with van der Waals surface area (Å²) < 4.78 is 0. The fourth-order valence-corrected chi connectivity index (χ4v) is 4.96. The lowest BCUT2D eigenvalue weighted by molar-refractivity contribution is 0.462. The van der Waals surface area contributed by atoms with E-state index in [9.17, 15) is 10.2 Å². The zero-order valence-corrected chi connectivity index (χ0v) is 17.4. The van der Waals surface area contributed by atoms with Gasteiger partial charge in [-0.3, -0.25) is 0 Å². The molecule has 1 atom stereocenters. The van der Waals surface area contributed by atoms with Gasteiger partial charge in [0.15, 0.2) is 0 Å². The Morgan fingerprint density at radius 3 is 1.43 bits per heavy atom. The SMILES string of the molecule is Oc1c(C(P)(c2ccccc2)c2ccc3ccccc3c2O)ccc2ccccc12. The van der Waals surface area contributed by atoms with Crippen molar-refractivity contribution in [1.82, 2.24) is 0 Å². The Labute approximate surface area is 177 Å². The first-order valence-electron chi connectivity index (χ1n) is 9.87. The van der Waals surface area contributed by atoms with Gasteiger partial charge in [-0.15, -0.1) is 9.24 Å². The van der Waals surface area contributed by atoms with Crippen LogP contribution in [-0.2, 0) is 5.16 Å². The lowest BCUT2D eigenvalue weighted by atomic mass is 9.81. The molecule has 0 aliphatic heterocycles. The summed E-state index contributed by atoms with van der Waals surface area (Å²) in [7, 11) is 2.91. The molecular weight excluding hydrogens is 387 g/mol. The molecule has 0 heterocycles. The Hall–Kier alpha value is -3.35. The quantitative estimate of drug-likeness (QED) is 0.262. The zero-order valence-electron chi connectivity index (χ0n) is 16.3. The Bertz CT molecular complexity index is 1290. The number of hydrogen-bond acceptors (Lipinski definition) is 2. The van der Waals surface area contributed by atoms with Crippen LogP contribution in [0, 0.1) is 0 Å². The summed E-state index contributed by atoms with van der Waals surface area (Å²) in [6.07, 6.45) is 0. The monoisotopic (exact) mass is 408 g/mol. The smallest absolute Gasteiger partial charge is 0.128 e. The van der Waals surface area contributed by atoms with Gasteiger partial charge in [0.05, 0.1) is 5.16 Å². The highest BCUT2D eigenvalue weighted by atomic mass is 31.0. The van der Waals surface area contributed by atoms with Crippen LogP contribution in [0.5, 0.6) is 11.5 Å². The fraction of sp³-hybridized carbons (Fsp3) is 0.0370. The number of hydrogen-bond donors (Lipinski definition) is 2. The fourth-order valence-electron chi connectivity index (χ4n) is 4.30. The molecule has 0 bridgehead atoms. The topological polar surface area (TPSA) is 40.5 Å². The van der Waals surface area contributed by atoms with E-state index in [0.717, 1.165) is 38.2 Å². The van der Waals surface area contributed by atoms with Crippen LogP contribution in [0.3, 0.4) is 0 Å². The van der Waals surface area contributed by atoms with Gasteiger partial charge in [-0.25, -0.2) is 0 Å². The summed E-state index contributed by atoms with van der Waals surface area (Å²) in [4.78, 5) is 0. The summed E-state index contributed by atoms with van der Waals surface area (Å²) in [6, 6.07) is 33.5. The van der Waals surface area contributed by atoms with Gasteiger partial charge < -0.3 is 10.2 Å². The number of fused-ring (bicyclic) bond motifs is 2. The van der Waals surface area contributed by atoms with E-state index in [0.29, 0.717) is 0 Å². The second-order valence-electron chi connectivity index (χ2n) is 7.54. The van der Waals surface area contributed by atoms with Crippen molar-refractivity contribution in [2.75, 3.05) is 0 Å². The Kier molecular flexibility index (Phi) is 4.46. The summed E-state index contributed by atoms with van der Waals surface area (Å²) in [5, 5.41) is 25.3. The van der Waals surface area contributed by atoms with Crippen LogP contribution in [0.2, 0.25) is 0 Å². The third-order valence-corrected chi connectivity index (χ3v) is 6.84. The van der Waals surface area contributed by atoms with E-state index in [4.69, 9.17) is 0 Å². The molecule has 0 aromatic heterocycles. The Morgan fingerprint density at radius 1 is 0.500 bits per heavy atom. The predicted molar refractivity (Wildman–Crippen MR) is 127 cm³/mol. The normalized spacial score (nSPS) is 11.8. The van der Waals surface area contributed by atoms with E-state index in [-0.39, 0.29) is 11.5 Å². The van der Waals surface area contributed by atoms with E-state index in [2.05, 4.69) is 9.24 Å². The van der Waals surface area contributed by atoms with Crippen LogP contribution in [0.4, 0.5) is 0 Å². The van der Waals surface area contributed by atoms with Crippen molar-refractivity contribution >= 4 is 30.8 Å². The van der Waals surface area contributed by atoms with Crippen molar-refractivity contribution in [3.05, 3.63) is 120 Å². The van der Waals surface area contributed by atoms with Crippen molar-refractivity contribution in [1.29, 1.82) is 0 Å². The van der Waals surface area contributed by atoms with Crippen LogP contribution >= 0.6 is 9.24 Å². The minimum atomic E-state index is -0.830. The average Bonchev–Trinajstić information content (AvgIpc) is 2.80. The third-order valence-electron chi connectivity index (χ3n) is 5.88. The predicted octanol–water partition coefficient (Wildman–Crippen LogP) is 6.57. The highest BCUT2D eigenvalue weighted by molar-refractivity contribution is 7.19. The highest BCUT2D eigenvalue weighted by Crippen LogP contribution is 2.53. The van der Waals surface area contributed by atoms with Crippen molar-refractivity contribution in [3.8, 4) is 11.5 Å². The lowest BCUT2D eigenvalue weighted by Crippen LogP contribution is -2.22. The van der Waals surface area contributed by atoms with Crippen molar-refractivity contribution in [3.63, 3.8) is 0 Å². The summed E-state index contributed by atoms with van der Waals surface area (Å²) >= 11 is 0. The number of phenolic OH excluding ortho intramolecular Hbond substituents is 2. The molecule has 5 aromatic rings. The molecule has 0 amide bonds. The molecule has 0 aliphatic carbocycles. The van der Waals surface area contributed by atoms with E-state index in [1.807, 2.05) is 103 Å². The molecule has 0 saturated heterocycles. The number of phenols is 2. The Balaban J connectivity index is 1.87. The average molecular weight is 408 g/mol. The molecule has 1 unspecified atom stereocenters. The summed E-state index contributed by atoms with van der Waals surface area (Å²) in [5.41, 5.74) is 2.41. The van der Waals surface area contributed by atoms with E-state index < -0.39 is 5.16 Å². The molecule has 0 spiro atoms.